The van der Waals surface area contributed by atoms with Crippen molar-refractivity contribution in [2.45, 2.75) is 26.1 Å². The summed E-state index contributed by atoms with van der Waals surface area (Å²) in [5.41, 5.74) is 1.49. The van der Waals surface area contributed by atoms with Gasteiger partial charge in [-0.05, 0) is 43.2 Å². The SMILES string of the molecule is CCOC(c1ccc(Cl)cc1)(c1c(C)cccc1Cl)N(C=O)Cc1ccc([N+](=O)[O-])cc1. The van der Waals surface area contributed by atoms with Crippen molar-refractivity contribution in [2.24, 2.45) is 0 Å². The van der Waals surface area contributed by atoms with E-state index < -0.39 is 10.6 Å². The fourth-order valence-electron chi connectivity index (χ4n) is 3.78. The maximum Gasteiger partial charge on any atom is 0.269 e. The summed E-state index contributed by atoms with van der Waals surface area (Å²) in [6, 6.07) is 18.6. The van der Waals surface area contributed by atoms with E-state index in [-0.39, 0.29) is 18.8 Å². The summed E-state index contributed by atoms with van der Waals surface area (Å²) in [6.07, 6.45) is 0.703. The fourth-order valence-corrected chi connectivity index (χ4v) is 4.26. The first-order chi connectivity index (χ1) is 15.3. The molecule has 0 radical (unpaired) electrons. The Labute approximate surface area is 196 Å². The number of carbonyl (C=O) groups excluding carboxylic acids is 1. The van der Waals surface area contributed by atoms with Crippen LogP contribution in [0, 0.1) is 17.0 Å². The molecular weight excluding hydrogens is 451 g/mol. The molecule has 0 saturated carbocycles. The van der Waals surface area contributed by atoms with Gasteiger partial charge in [-0.1, -0.05) is 59.6 Å². The highest BCUT2D eigenvalue weighted by Gasteiger charge is 2.43. The van der Waals surface area contributed by atoms with Gasteiger partial charge in [0.05, 0.1) is 4.92 Å². The van der Waals surface area contributed by atoms with Crippen LogP contribution >= 0.6 is 23.2 Å². The van der Waals surface area contributed by atoms with Gasteiger partial charge in [0.15, 0.2) is 5.72 Å². The molecule has 0 aromatic heterocycles. The van der Waals surface area contributed by atoms with Gasteiger partial charge < -0.3 is 9.64 Å². The Hall–Kier alpha value is -2.93. The largest absolute Gasteiger partial charge is 0.347 e. The minimum Gasteiger partial charge on any atom is -0.347 e. The van der Waals surface area contributed by atoms with Crippen molar-refractivity contribution >= 4 is 35.3 Å². The lowest BCUT2D eigenvalue weighted by Crippen LogP contribution is -2.49. The topological polar surface area (TPSA) is 72.7 Å². The molecule has 0 heterocycles. The summed E-state index contributed by atoms with van der Waals surface area (Å²) in [7, 11) is 0. The van der Waals surface area contributed by atoms with E-state index in [1.165, 1.54) is 17.0 Å². The molecule has 0 bridgehead atoms. The van der Waals surface area contributed by atoms with Gasteiger partial charge in [0.25, 0.3) is 5.69 Å². The minimum atomic E-state index is -1.34. The zero-order chi connectivity index (χ0) is 23.3. The normalized spacial score (nSPS) is 12.8. The van der Waals surface area contributed by atoms with Gasteiger partial charge in [0.2, 0.25) is 6.41 Å². The molecule has 32 heavy (non-hydrogen) atoms. The molecule has 6 nitrogen and oxygen atoms in total. The van der Waals surface area contributed by atoms with Crippen LogP contribution in [0.25, 0.3) is 0 Å². The van der Waals surface area contributed by atoms with Crippen molar-refractivity contribution < 1.29 is 14.5 Å². The number of amides is 1. The van der Waals surface area contributed by atoms with E-state index in [1.807, 2.05) is 26.0 Å². The molecule has 8 heteroatoms. The van der Waals surface area contributed by atoms with Crippen molar-refractivity contribution in [3.8, 4) is 0 Å². The van der Waals surface area contributed by atoms with E-state index in [2.05, 4.69) is 0 Å². The molecule has 3 rings (SSSR count). The standard InChI is InChI=1S/C24H22Cl2N2O4/c1-3-32-24(19-9-11-20(25)12-10-19,23-17(2)5-4-6-22(23)26)27(16-29)15-18-7-13-21(14-8-18)28(30)31/h4-14,16H,3,15H2,1-2H3. The molecule has 0 aliphatic heterocycles. The highest BCUT2D eigenvalue weighted by molar-refractivity contribution is 6.31. The zero-order valence-corrected chi connectivity index (χ0v) is 19.1. The first kappa shape index (κ1) is 23.7. The van der Waals surface area contributed by atoms with Crippen LogP contribution in [-0.2, 0) is 21.8 Å². The number of rotatable bonds is 9. The number of nitro groups is 1. The molecule has 3 aromatic carbocycles. The Balaban J connectivity index is 2.22. The number of halogens is 2. The number of non-ortho nitro benzene ring substituents is 1. The average Bonchev–Trinajstić information content (AvgIpc) is 2.77. The Morgan fingerprint density at radius 2 is 1.72 bits per heavy atom. The second-order valence-electron chi connectivity index (χ2n) is 7.17. The van der Waals surface area contributed by atoms with Crippen LogP contribution < -0.4 is 0 Å². The zero-order valence-electron chi connectivity index (χ0n) is 17.6. The molecule has 0 aliphatic carbocycles. The van der Waals surface area contributed by atoms with Gasteiger partial charge in [0, 0.05) is 46.5 Å². The Bertz CT molecular complexity index is 1080. The minimum absolute atomic E-state index is 0.0258. The van der Waals surface area contributed by atoms with Crippen molar-refractivity contribution in [2.75, 3.05) is 6.61 Å². The third-order valence-electron chi connectivity index (χ3n) is 5.18. The van der Waals surface area contributed by atoms with E-state index in [9.17, 15) is 14.9 Å². The molecule has 0 saturated heterocycles. The van der Waals surface area contributed by atoms with E-state index in [4.69, 9.17) is 27.9 Å². The van der Waals surface area contributed by atoms with Crippen LogP contribution in [-0.4, -0.2) is 22.8 Å². The Kier molecular flexibility index (Phi) is 7.51. The molecule has 0 aliphatic rings. The van der Waals surface area contributed by atoms with Crippen molar-refractivity contribution in [1.82, 2.24) is 4.90 Å². The van der Waals surface area contributed by atoms with Crippen LogP contribution in [0.5, 0.6) is 0 Å². The summed E-state index contributed by atoms with van der Waals surface area (Å²) < 4.78 is 6.35. The first-order valence-electron chi connectivity index (χ1n) is 9.94. The van der Waals surface area contributed by atoms with Crippen molar-refractivity contribution in [3.63, 3.8) is 0 Å². The molecule has 0 fully saturated rings. The monoisotopic (exact) mass is 472 g/mol. The van der Waals surface area contributed by atoms with Gasteiger partial charge >= 0.3 is 0 Å². The summed E-state index contributed by atoms with van der Waals surface area (Å²) in [6.45, 7) is 4.16. The van der Waals surface area contributed by atoms with E-state index >= 15 is 0 Å². The third-order valence-corrected chi connectivity index (χ3v) is 5.75. The molecule has 166 valence electrons. The third kappa shape index (κ3) is 4.63. The predicted molar refractivity (Wildman–Crippen MR) is 125 cm³/mol. The highest BCUT2D eigenvalue weighted by atomic mass is 35.5. The number of benzene rings is 3. The smallest absolute Gasteiger partial charge is 0.269 e. The fraction of sp³-hybridized carbons (Fsp3) is 0.208. The molecule has 0 spiro atoms. The van der Waals surface area contributed by atoms with E-state index in [1.54, 1.807) is 42.5 Å². The van der Waals surface area contributed by atoms with Crippen molar-refractivity contribution in [1.29, 1.82) is 0 Å². The van der Waals surface area contributed by atoms with Gasteiger partial charge in [-0.2, -0.15) is 0 Å². The lowest BCUT2D eigenvalue weighted by Gasteiger charge is -2.43. The number of hydrogen-bond acceptors (Lipinski definition) is 4. The van der Waals surface area contributed by atoms with E-state index in [0.29, 0.717) is 33.1 Å². The van der Waals surface area contributed by atoms with Gasteiger partial charge in [-0.3, -0.25) is 14.9 Å². The number of nitro benzene ring substituents is 1. The van der Waals surface area contributed by atoms with Crippen molar-refractivity contribution in [3.05, 3.63) is 109 Å². The number of carbonyl (C=O) groups is 1. The quantitative estimate of drug-likeness (QED) is 0.163. The summed E-state index contributed by atoms with van der Waals surface area (Å²) >= 11 is 12.8. The maximum absolute atomic E-state index is 12.5. The Morgan fingerprint density at radius 1 is 1.06 bits per heavy atom. The molecule has 3 aromatic rings. The maximum atomic E-state index is 12.5. The summed E-state index contributed by atoms with van der Waals surface area (Å²) in [5.74, 6) is 0. The van der Waals surface area contributed by atoms with Crippen LogP contribution in [0.4, 0.5) is 5.69 Å². The number of ether oxygens (including phenoxy) is 1. The van der Waals surface area contributed by atoms with Crippen LogP contribution in [0.1, 0.15) is 29.2 Å². The highest BCUT2D eigenvalue weighted by Crippen LogP contribution is 2.43. The van der Waals surface area contributed by atoms with E-state index in [0.717, 1.165) is 5.56 Å². The molecule has 1 unspecified atom stereocenters. The molecule has 1 atom stereocenters. The van der Waals surface area contributed by atoms with Gasteiger partial charge in [-0.25, -0.2) is 0 Å². The molecule has 1 amide bonds. The molecule has 0 N–H and O–H groups in total. The Morgan fingerprint density at radius 3 is 2.25 bits per heavy atom. The first-order valence-corrected chi connectivity index (χ1v) is 10.7. The molecular formula is C24H22Cl2N2O4. The summed E-state index contributed by atoms with van der Waals surface area (Å²) in [4.78, 5) is 24.6. The lowest BCUT2D eigenvalue weighted by molar-refractivity contribution is -0.384. The average molecular weight is 473 g/mol. The second kappa shape index (κ2) is 10.1. The lowest BCUT2D eigenvalue weighted by atomic mass is 9.89. The van der Waals surface area contributed by atoms with Crippen LogP contribution in [0.2, 0.25) is 10.0 Å². The van der Waals surface area contributed by atoms with Crippen LogP contribution in [0.15, 0.2) is 66.7 Å². The number of hydrogen-bond donors (Lipinski definition) is 0. The van der Waals surface area contributed by atoms with Gasteiger partial charge in [-0.15, -0.1) is 0 Å². The van der Waals surface area contributed by atoms with Gasteiger partial charge in [0.1, 0.15) is 0 Å². The second-order valence-corrected chi connectivity index (χ2v) is 8.02. The van der Waals surface area contributed by atoms with Crippen LogP contribution in [0.3, 0.4) is 0 Å². The summed E-state index contributed by atoms with van der Waals surface area (Å²) in [5, 5.41) is 12.0. The number of nitrogens with zero attached hydrogens (tertiary/aromatic N) is 2. The number of aryl methyl sites for hydroxylation is 1. The predicted octanol–water partition coefficient (Wildman–Crippen LogP) is 6.11.